The Balaban J connectivity index is 2.68. The molecule has 0 radical (unpaired) electrons. The minimum Gasteiger partial charge on any atom is -0.494 e. The van der Waals surface area contributed by atoms with Gasteiger partial charge < -0.3 is 9.30 Å². The van der Waals surface area contributed by atoms with Crippen LogP contribution in [0.2, 0.25) is 0 Å². The normalized spacial score (nSPS) is 15.9. The molecule has 0 amide bonds. The molecule has 116 valence electrons. The Bertz CT molecular complexity index is 687. The summed E-state index contributed by atoms with van der Waals surface area (Å²) in [5.74, 6) is 0.802. The van der Waals surface area contributed by atoms with Gasteiger partial charge >= 0.3 is 0 Å². The van der Waals surface area contributed by atoms with Crippen LogP contribution in [0.25, 0.3) is 11.0 Å². The molecule has 21 heavy (non-hydrogen) atoms. The van der Waals surface area contributed by atoms with Gasteiger partial charge in [0.05, 0.1) is 23.5 Å². The molecule has 0 aliphatic heterocycles. The molecular formula is C14H18ClFN2O2S. The van der Waals surface area contributed by atoms with Crippen molar-refractivity contribution in [3.8, 4) is 5.75 Å². The average Bonchev–Trinajstić information content (AvgIpc) is 2.75. The van der Waals surface area contributed by atoms with Gasteiger partial charge in [-0.2, -0.15) is 0 Å². The van der Waals surface area contributed by atoms with E-state index in [0.717, 1.165) is 5.52 Å². The van der Waals surface area contributed by atoms with Crippen molar-refractivity contribution in [2.45, 2.75) is 25.3 Å². The van der Waals surface area contributed by atoms with E-state index < -0.39 is 16.6 Å². The van der Waals surface area contributed by atoms with Gasteiger partial charge in [-0.1, -0.05) is 0 Å². The van der Waals surface area contributed by atoms with Crippen LogP contribution in [0.4, 0.5) is 4.39 Å². The molecule has 4 nitrogen and oxygen atoms in total. The number of benzene rings is 1. The molecule has 0 saturated heterocycles. The van der Waals surface area contributed by atoms with Crippen molar-refractivity contribution >= 4 is 33.4 Å². The number of hydrogen-bond acceptors (Lipinski definition) is 3. The second-order valence-electron chi connectivity index (χ2n) is 5.02. The number of alkyl halides is 1. The minimum absolute atomic E-state index is 0.0628. The van der Waals surface area contributed by atoms with Gasteiger partial charge in [-0.15, -0.1) is 11.6 Å². The van der Waals surface area contributed by atoms with E-state index in [0.29, 0.717) is 17.1 Å². The number of halogens is 2. The van der Waals surface area contributed by atoms with Crippen LogP contribution in [0, 0.1) is 5.82 Å². The van der Waals surface area contributed by atoms with Crippen molar-refractivity contribution in [2.24, 2.45) is 0 Å². The molecule has 2 rings (SSSR count). The molecule has 1 heterocycles. The lowest BCUT2D eigenvalue weighted by Crippen LogP contribution is -2.16. The van der Waals surface area contributed by atoms with Gasteiger partial charge in [0.15, 0.2) is 11.6 Å². The summed E-state index contributed by atoms with van der Waals surface area (Å²) in [6, 6.07) is 2.88. The number of aromatic nitrogens is 2. The van der Waals surface area contributed by atoms with E-state index in [1.165, 1.54) is 13.2 Å². The smallest absolute Gasteiger partial charge is 0.167 e. The lowest BCUT2D eigenvalue weighted by molar-refractivity contribution is 0.387. The highest BCUT2D eigenvalue weighted by atomic mass is 35.5. The fourth-order valence-electron chi connectivity index (χ4n) is 2.43. The molecule has 0 aliphatic rings. The zero-order valence-corrected chi connectivity index (χ0v) is 14.0. The predicted molar refractivity (Wildman–Crippen MR) is 84.2 cm³/mol. The van der Waals surface area contributed by atoms with Crippen LogP contribution in [0.15, 0.2) is 12.1 Å². The number of methoxy groups -OCH3 is 1. The average molecular weight is 333 g/mol. The number of nitrogens with zero attached hydrogens (tertiary/aromatic N) is 2. The highest BCUT2D eigenvalue weighted by Gasteiger charge is 2.21. The maximum atomic E-state index is 13.8. The first-order chi connectivity index (χ1) is 9.85. The quantitative estimate of drug-likeness (QED) is 0.788. The standard InChI is InChI=1S/C14H18ClFN2O2S/c1-8(7-21(4)19)18-12-6-13(20-3)10(16)5-11(12)17-14(18)9(2)15/h5-6,8-9H,7H2,1-4H3. The monoisotopic (exact) mass is 332 g/mol. The third-order valence-corrected chi connectivity index (χ3v) is 4.41. The molecule has 3 atom stereocenters. The Morgan fingerprint density at radius 1 is 1.48 bits per heavy atom. The van der Waals surface area contributed by atoms with E-state index in [4.69, 9.17) is 16.3 Å². The van der Waals surface area contributed by atoms with Gasteiger partial charge in [-0.3, -0.25) is 4.21 Å². The molecule has 0 fully saturated rings. The summed E-state index contributed by atoms with van der Waals surface area (Å²) in [6.45, 7) is 3.75. The first-order valence-electron chi connectivity index (χ1n) is 6.54. The molecule has 2 aromatic rings. The highest BCUT2D eigenvalue weighted by molar-refractivity contribution is 7.84. The van der Waals surface area contributed by atoms with Crippen LogP contribution in [-0.4, -0.2) is 32.9 Å². The lowest BCUT2D eigenvalue weighted by atomic mass is 10.2. The topological polar surface area (TPSA) is 44.1 Å². The van der Waals surface area contributed by atoms with E-state index in [1.807, 2.05) is 18.4 Å². The SMILES string of the molecule is COc1cc2c(cc1F)nc(C(C)Cl)n2C(C)CS(C)=O. The lowest BCUT2D eigenvalue weighted by Gasteiger charge is -2.17. The Hall–Kier alpha value is -1.14. The molecule has 3 unspecified atom stereocenters. The van der Waals surface area contributed by atoms with Gasteiger partial charge in [0.25, 0.3) is 0 Å². The summed E-state index contributed by atoms with van der Waals surface area (Å²) < 4.78 is 32.3. The maximum absolute atomic E-state index is 13.8. The second kappa shape index (κ2) is 6.32. The van der Waals surface area contributed by atoms with Gasteiger partial charge in [0, 0.05) is 41.0 Å². The van der Waals surface area contributed by atoms with Crippen LogP contribution >= 0.6 is 11.6 Å². The van der Waals surface area contributed by atoms with E-state index in [1.54, 1.807) is 12.3 Å². The van der Waals surface area contributed by atoms with Crippen molar-refractivity contribution in [1.29, 1.82) is 0 Å². The molecule has 1 aromatic carbocycles. The predicted octanol–water partition coefficient (Wildman–Crippen LogP) is 3.42. The third kappa shape index (κ3) is 3.21. The maximum Gasteiger partial charge on any atom is 0.167 e. The van der Waals surface area contributed by atoms with Crippen molar-refractivity contribution < 1.29 is 13.3 Å². The highest BCUT2D eigenvalue weighted by Crippen LogP contribution is 2.31. The Morgan fingerprint density at radius 2 is 2.14 bits per heavy atom. The molecule has 1 aromatic heterocycles. The first-order valence-corrected chi connectivity index (χ1v) is 8.71. The fourth-order valence-corrected chi connectivity index (χ4v) is 3.41. The van der Waals surface area contributed by atoms with E-state index in [9.17, 15) is 8.60 Å². The number of fused-ring (bicyclic) bond motifs is 1. The van der Waals surface area contributed by atoms with Crippen LogP contribution in [0.1, 0.15) is 31.1 Å². The molecule has 0 spiro atoms. The molecule has 0 aliphatic carbocycles. The summed E-state index contributed by atoms with van der Waals surface area (Å²) in [5, 5.41) is -0.334. The first kappa shape index (κ1) is 16.2. The van der Waals surface area contributed by atoms with Gasteiger partial charge in [-0.05, 0) is 13.8 Å². The Labute approximate surface area is 130 Å². The summed E-state index contributed by atoms with van der Waals surface area (Å²) in [7, 11) is 0.464. The minimum atomic E-state index is -0.953. The molecule has 0 saturated carbocycles. The summed E-state index contributed by atoms with van der Waals surface area (Å²) in [4.78, 5) is 4.41. The summed E-state index contributed by atoms with van der Waals surface area (Å²) in [5.41, 5.74) is 1.25. The van der Waals surface area contributed by atoms with Crippen LogP contribution in [0.3, 0.4) is 0 Å². The van der Waals surface area contributed by atoms with E-state index in [-0.39, 0.29) is 17.2 Å². The van der Waals surface area contributed by atoms with Gasteiger partial charge in [0.2, 0.25) is 0 Å². The van der Waals surface area contributed by atoms with Crippen molar-refractivity contribution in [3.63, 3.8) is 0 Å². The molecule has 0 bridgehead atoms. The fraction of sp³-hybridized carbons (Fsp3) is 0.500. The Kier molecular flexibility index (Phi) is 4.88. The van der Waals surface area contributed by atoms with Crippen LogP contribution in [-0.2, 0) is 10.8 Å². The summed E-state index contributed by atoms with van der Waals surface area (Å²) in [6.07, 6.45) is 1.65. The van der Waals surface area contributed by atoms with Crippen LogP contribution < -0.4 is 4.74 Å². The summed E-state index contributed by atoms with van der Waals surface area (Å²) >= 11 is 6.19. The van der Waals surface area contributed by atoms with Gasteiger partial charge in [0.1, 0.15) is 5.82 Å². The van der Waals surface area contributed by atoms with E-state index in [2.05, 4.69) is 4.98 Å². The van der Waals surface area contributed by atoms with Gasteiger partial charge in [-0.25, -0.2) is 9.37 Å². The largest absolute Gasteiger partial charge is 0.494 e. The van der Waals surface area contributed by atoms with Crippen molar-refractivity contribution in [3.05, 3.63) is 23.8 Å². The van der Waals surface area contributed by atoms with Crippen molar-refractivity contribution in [1.82, 2.24) is 9.55 Å². The zero-order valence-electron chi connectivity index (χ0n) is 12.4. The van der Waals surface area contributed by atoms with E-state index >= 15 is 0 Å². The molecular weight excluding hydrogens is 315 g/mol. The number of imidazole rings is 1. The zero-order chi connectivity index (χ0) is 15.7. The van der Waals surface area contributed by atoms with Crippen LogP contribution in [0.5, 0.6) is 5.75 Å². The second-order valence-corrected chi connectivity index (χ2v) is 7.15. The molecule has 0 N–H and O–H groups in total. The Morgan fingerprint density at radius 3 is 2.67 bits per heavy atom. The molecule has 7 heteroatoms. The third-order valence-electron chi connectivity index (χ3n) is 3.26. The number of rotatable bonds is 5. The number of hydrogen-bond donors (Lipinski definition) is 0. The van der Waals surface area contributed by atoms with Crippen molar-refractivity contribution in [2.75, 3.05) is 19.1 Å². The number of ether oxygens (including phenoxy) is 1.